The molecular weight excluding hydrogens is 568 g/mol. The average Bonchev–Trinajstić information content (AvgIpc) is 3.00. The molecule has 6 heteroatoms. The lowest BCUT2D eigenvalue weighted by Gasteiger charge is -2.43. The lowest BCUT2D eigenvalue weighted by Crippen LogP contribution is -2.40. The van der Waals surface area contributed by atoms with Gasteiger partial charge in [0.1, 0.15) is 18.2 Å². The fourth-order valence-electron chi connectivity index (χ4n) is 5.17. The molecule has 0 bridgehead atoms. The Morgan fingerprint density at radius 2 is 1.33 bits per heavy atom. The maximum Gasteiger partial charge on any atom is 0.333 e. The lowest BCUT2D eigenvalue weighted by atomic mass is 9.61. The van der Waals surface area contributed by atoms with Crippen molar-refractivity contribution < 1.29 is 23.0 Å². The first-order chi connectivity index (χ1) is 21.3. The minimum atomic E-state index is -0.586. The van der Waals surface area contributed by atoms with E-state index in [1.54, 1.807) is 13.0 Å². The van der Waals surface area contributed by atoms with Gasteiger partial charge in [-0.3, -0.25) is 0 Å². The van der Waals surface area contributed by atoms with Crippen LogP contribution in [0.2, 0.25) is 0 Å². The topological polar surface area (TPSA) is 38.8 Å². The number of hydrogen-bond acceptors (Lipinski definition) is 4. The van der Waals surface area contributed by atoms with Crippen molar-refractivity contribution in [2.75, 3.05) is 11.5 Å². The van der Waals surface area contributed by atoms with Gasteiger partial charge in [0.05, 0.1) is 13.2 Å². The molecule has 234 valence electrons. The molecule has 0 aliphatic carbocycles. The highest BCUT2D eigenvalue weighted by molar-refractivity contribution is 5.87. The molecule has 4 aromatic carbocycles. The number of ether oxygens (including phenoxy) is 2. The number of rotatable bonds is 13. The summed E-state index contributed by atoms with van der Waals surface area (Å²) >= 11 is 0. The molecule has 4 nitrogen and oxygen atoms in total. The fraction of sp³-hybridized carbons (Fsp3) is 0.256. The Bertz CT molecular complexity index is 1640. The van der Waals surface area contributed by atoms with Crippen molar-refractivity contribution in [1.82, 2.24) is 0 Å². The molecule has 0 amide bonds. The summed E-state index contributed by atoms with van der Waals surface area (Å²) in [5.74, 6) is -1.60. The van der Waals surface area contributed by atoms with Gasteiger partial charge < -0.3 is 14.4 Å². The molecule has 0 aliphatic rings. The quantitative estimate of drug-likeness (QED) is 0.0655. The Morgan fingerprint density at radius 3 is 1.91 bits per heavy atom. The van der Waals surface area contributed by atoms with Crippen molar-refractivity contribution in [1.29, 1.82) is 0 Å². The van der Waals surface area contributed by atoms with Crippen molar-refractivity contribution in [3.63, 3.8) is 0 Å². The Hall–Kier alpha value is -4.55. The third kappa shape index (κ3) is 7.76. The smallest absolute Gasteiger partial charge is 0.333 e. The SMILES string of the molecule is C=CCOCc1cccc(N(c2ccc(COC(=O)C(=C)C)cc2)c2ccc(C(C)(C)C(C)(C)c3cc(F)cc(F)c3)cc2)c1. The predicted molar refractivity (Wildman–Crippen MR) is 178 cm³/mol. The number of benzene rings is 4. The zero-order valence-electron chi connectivity index (χ0n) is 26.7. The second kappa shape index (κ2) is 14.0. The number of hydrogen-bond donors (Lipinski definition) is 0. The number of carbonyl (C=O) groups is 1. The summed E-state index contributed by atoms with van der Waals surface area (Å²) in [6.07, 6.45) is 1.72. The van der Waals surface area contributed by atoms with Crippen LogP contribution in [0.15, 0.2) is 116 Å². The van der Waals surface area contributed by atoms with Gasteiger partial charge in [0.15, 0.2) is 0 Å². The van der Waals surface area contributed by atoms with E-state index in [1.165, 1.54) is 12.1 Å². The van der Waals surface area contributed by atoms with Crippen molar-refractivity contribution in [3.8, 4) is 0 Å². The van der Waals surface area contributed by atoms with Crippen LogP contribution in [0, 0.1) is 11.6 Å². The van der Waals surface area contributed by atoms with E-state index in [2.05, 4.69) is 62.2 Å². The molecule has 0 saturated heterocycles. The van der Waals surface area contributed by atoms with Crippen molar-refractivity contribution >= 4 is 23.0 Å². The summed E-state index contributed by atoms with van der Waals surface area (Å²) in [6.45, 7) is 18.2. The van der Waals surface area contributed by atoms with E-state index >= 15 is 0 Å². The summed E-state index contributed by atoms with van der Waals surface area (Å²) in [4.78, 5) is 14.0. The first kappa shape index (κ1) is 33.3. The normalized spacial score (nSPS) is 11.6. The second-order valence-corrected chi connectivity index (χ2v) is 12.3. The Kier molecular flexibility index (Phi) is 10.4. The third-order valence-corrected chi connectivity index (χ3v) is 8.58. The van der Waals surface area contributed by atoms with Gasteiger partial charge in [-0.1, -0.05) is 76.7 Å². The van der Waals surface area contributed by atoms with Crippen molar-refractivity contribution in [3.05, 3.63) is 150 Å². The van der Waals surface area contributed by atoms with Crippen LogP contribution in [0.4, 0.5) is 25.8 Å². The molecule has 0 radical (unpaired) electrons. The van der Waals surface area contributed by atoms with Gasteiger partial charge in [0, 0.05) is 28.7 Å². The van der Waals surface area contributed by atoms with Gasteiger partial charge in [0.2, 0.25) is 0 Å². The second-order valence-electron chi connectivity index (χ2n) is 12.3. The van der Waals surface area contributed by atoms with Crippen LogP contribution in [0.5, 0.6) is 0 Å². The fourth-order valence-corrected chi connectivity index (χ4v) is 5.17. The molecule has 0 atom stereocenters. The van der Waals surface area contributed by atoms with Crippen LogP contribution in [0.3, 0.4) is 0 Å². The third-order valence-electron chi connectivity index (χ3n) is 8.58. The first-order valence-electron chi connectivity index (χ1n) is 14.9. The van der Waals surface area contributed by atoms with E-state index in [1.807, 2.05) is 56.3 Å². The predicted octanol–water partition coefficient (Wildman–Crippen LogP) is 10.0. The van der Waals surface area contributed by atoms with E-state index in [0.29, 0.717) is 24.4 Å². The molecule has 0 saturated carbocycles. The highest BCUT2D eigenvalue weighted by Crippen LogP contribution is 2.45. The van der Waals surface area contributed by atoms with Crippen LogP contribution in [0.25, 0.3) is 0 Å². The van der Waals surface area contributed by atoms with Gasteiger partial charge in [-0.2, -0.15) is 0 Å². The Balaban J connectivity index is 1.70. The molecule has 45 heavy (non-hydrogen) atoms. The first-order valence-corrected chi connectivity index (χ1v) is 14.9. The molecular formula is C39H41F2NO3. The van der Waals surface area contributed by atoms with E-state index < -0.39 is 28.4 Å². The van der Waals surface area contributed by atoms with E-state index in [0.717, 1.165) is 39.8 Å². The Labute approximate surface area is 265 Å². The molecule has 0 N–H and O–H groups in total. The number of carbonyl (C=O) groups excluding carboxylic acids is 1. The molecule has 0 aliphatic heterocycles. The zero-order valence-corrected chi connectivity index (χ0v) is 26.7. The lowest BCUT2D eigenvalue weighted by molar-refractivity contribution is -0.140. The van der Waals surface area contributed by atoms with Crippen LogP contribution in [-0.4, -0.2) is 12.6 Å². The van der Waals surface area contributed by atoms with E-state index in [-0.39, 0.29) is 6.61 Å². The van der Waals surface area contributed by atoms with Crippen molar-refractivity contribution in [2.24, 2.45) is 0 Å². The summed E-state index contributed by atoms with van der Waals surface area (Å²) in [5, 5.41) is 0. The molecule has 4 aromatic rings. The molecule has 0 heterocycles. The molecule has 0 aromatic heterocycles. The van der Waals surface area contributed by atoms with Crippen LogP contribution in [0.1, 0.15) is 56.9 Å². The van der Waals surface area contributed by atoms with Gasteiger partial charge >= 0.3 is 5.97 Å². The van der Waals surface area contributed by atoms with Crippen molar-refractivity contribution in [2.45, 2.75) is 58.7 Å². The average molecular weight is 610 g/mol. The van der Waals surface area contributed by atoms with Gasteiger partial charge in [-0.05, 0) is 88.5 Å². The monoisotopic (exact) mass is 609 g/mol. The summed E-state index contributed by atoms with van der Waals surface area (Å²) in [7, 11) is 0. The largest absolute Gasteiger partial charge is 0.457 e. The molecule has 0 unspecified atom stereocenters. The highest BCUT2D eigenvalue weighted by Gasteiger charge is 2.40. The standard InChI is InChI=1S/C39H41F2NO3/c1-8-20-44-25-29-10-9-11-36(21-29)42(34-16-12-28(13-17-34)26-45-37(43)27(2)3)35-18-14-30(15-19-35)38(4,5)39(6,7)31-22-32(40)24-33(41)23-31/h8-19,21-24H,1-2,20,25-26H2,3-7H3. The van der Waals surface area contributed by atoms with Crippen LogP contribution < -0.4 is 4.90 Å². The zero-order chi connectivity index (χ0) is 32.8. The van der Waals surface area contributed by atoms with Gasteiger partial charge in [0.25, 0.3) is 0 Å². The van der Waals surface area contributed by atoms with E-state index in [4.69, 9.17) is 9.47 Å². The minimum absolute atomic E-state index is 0.150. The summed E-state index contributed by atoms with van der Waals surface area (Å²) < 4.78 is 39.4. The van der Waals surface area contributed by atoms with Gasteiger partial charge in [-0.25, -0.2) is 13.6 Å². The summed E-state index contributed by atoms with van der Waals surface area (Å²) in [6, 6.07) is 28.0. The highest BCUT2D eigenvalue weighted by atomic mass is 19.1. The van der Waals surface area contributed by atoms with Crippen LogP contribution in [-0.2, 0) is 38.3 Å². The molecule has 0 spiro atoms. The number of halogens is 2. The minimum Gasteiger partial charge on any atom is -0.457 e. The van der Waals surface area contributed by atoms with Gasteiger partial charge in [-0.15, -0.1) is 6.58 Å². The number of anilines is 3. The van der Waals surface area contributed by atoms with E-state index in [9.17, 15) is 13.6 Å². The molecule has 0 fully saturated rings. The number of nitrogens with zero attached hydrogens (tertiary/aromatic N) is 1. The maximum absolute atomic E-state index is 14.2. The molecule has 4 rings (SSSR count). The number of esters is 1. The Morgan fingerprint density at radius 1 is 0.756 bits per heavy atom. The van der Waals surface area contributed by atoms with Crippen LogP contribution >= 0.6 is 0 Å². The maximum atomic E-state index is 14.2. The summed E-state index contributed by atoms with van der Waals surface area (Å²) in [5.41, 5.74) is 5.58.